The molecule has 8 N–H and O–H groups in total. The van der Waals surface area contributed by atoms with E-state index < -0.39 is 17.9 Å². The van der Waals surface area contributed by atoms with Crippen LogP contribution in [0.4, 0.5) is 33.2 Å². The summed E-state index contributed by atoms with van der Waals surface area (Å²) in [5.41, 5.74) is 14.8. The largest absolute Gasteiger partial charge is 0.444 e. The first-order valence-electron chi connectivity index (χ1n) is 11.0. The van der Waals surface area contributed by atoms with Crippen LogP contribution in [0.25, 0.3) is 0 Å². The Morgan fingerprint density at radius 1 is 0.886 bits per heavy atom. The zero-order chi connectivity index (χ0) is 25.8. The number of benzene rings is 3. The minimum atomic E-state index is -1.12. The van der Waals surface area contributed by atoms with Gasteiger partial charge < -0.3 is 31.9 Å². The molecule has 3 aromatic carbocycles. The minimum Gasteiger partial charge on any atom is -0.444 e. The number of carbonyl (C=O) groups is 2. The molecule has 0 bridgehead atoms. The van der Waals surface area contributed by atoms with Crippen LogP contribution in [-0.2, 0) is 4.74 Å². The molecule has 0 radical (unpaired) electrons. The number of nitrogens with two attached hydrogens (primary N) is 2. The lowest BCUT2D eigenvalue weighted by Gasteiger charge is -2.21. The van der Waals surface area contributed by atoms with Crippen molar-refractivity contribution in [1.82, 2.24) is 0 Å². The summed E-state index contributed by atoms with van der Waals surface area (Å²) in [4.78, 5) is 25.2. The molecule has 0 aliphatic rings. The molecular formula is C26H31N5O4. The SMILES string of the molecule is Cc1ccc(C(=O)Nc2ccc(NC(O)c3cc(N)cc(N)c3)cc2NC(=O)OC(C)(C)C)cc1. The summed E-state index contributed by atoms with van der Waals surface area (Å²) in [5, 5.41) is 19.0. The fourth-order valence-electron chi connectivity index (χ4n) is 3.26. The van der Waals surface area contributed by atoms with Crippen LogP contribution < -0.4 is 27.4 Å². The second kappa shape index (κ2) is 10.4. The van der Waals surface area contributed by atoms with Crippen molar-refractivity contribution in [2.24, 2.45) is 0 Å². The predicted molar refractivity (Wildman–Crippen MR) is 139 cm³/mol. The average molecular weight is 478 g/mol. The maximum absolute atomic E-state index is 12.8. The highest BCUT2D eigenvalue weighted by molar-refractivity contribution is 6.07. The molecule has 9 nitrogen and oxygen atoms in total. The number of carbonyl (C=O) groups excluding carboxylic acids is 2. The van der Waals surface area contributed by atoms with Crippen molar-refractivity contribution in [1.29, 1.82) is 0 Å². The maximum atomic E-state index is 12.8. The van der Waals surface area contributed by atoms with Gasteiger partial charge in [-0.25, -0.2) is 4.79 Å². The van der Waals surface area contributed by atoms with Gasteiger partial charge in [0.1, 0.15) is 5.60 Å². The molecule has 0 saturated heterocycles. The third kappa shape index (κ3) is 7.38. The predicted octanol–water partition coefficient (Wildman–Crippen LogP) is 4.86. The van der Waals surface area contributed by atoms with E-state index >= 15 is 0 Å². The number of hydrogen-bond donors (Lipinski definition) is 6. The lowest BCUT2D eigenvalue weighted by molar-refractivity contribution is 0.0635. The third-order valence-corrected chi connectivity index (χ3v) is 4.84. The lowest BCUT2D eigenvalue weighted by Crippen LogP contribution is -2.27. The highest BCUT2D eigenvalue weighted by Crippen LogP contribution is 2.30. The van der Waals surface area contributed by atoms with E-state index in [1.807, 2.05) is 19.1 Å². The summed E-state index contributed by atoms with van der Waals surface area (Å²) < 4.78 is 5.36. The molecule has 0 aromatic heterocycles. The molecule has 3 aromatic rings. The Morgan fingerprint density at radius 3 is 2.11 bits per heavy atom. The number of amides is 2. The standard InChI is InChI=1S/C26H31N5O4/c1-15-5-7-16(8-6-15)23(32)30-21-10-9-20(14-22(21)31-25(34)35-26(2,3)4)29-24(33)17-11-18(27)13-19(28)12-17/h5-14,24,29,33H,27-28H2,1-4H3,(H,30,32)(H,31,34). The molecule has 0 spiro atoms. The molecule has 35 heavy (non-hydrogen) atoms. The van der Waals surface area contributed by atoms with Crippen molar-refractivity contribution < 1.29 is 19.4 Å². The molecule has 1 atom stereocenters. The van der Waals surface area contributed by atoms with Crippen molar-refractivity contribution in [2.75, 3.05) is 27.4 Å². The summed E-state index contributed by atoms with van der Waals surface area (Å²) in [6.07, 6.45) is -1.81. The molecule has 0 heterocycles. The number of nitrogen functional groups attached to an aromatic ring is 2. The van der Waals surface area contributed by atoms with Crippen LogP contribution in [0.5, 0.6) is 0 Å². The second-order valence-electron chi connectivity index (χ2n) is 9.19. The zero-order valence-corrected chi connectivity index (χ0v) is 20.2. The first kappa shape index (κ1) is 25.4. The third-order valence-electron chi connectivity index (χ3n) is 4.84. The summed E-state index contributed by atoms with van der Waals surface area (Å²) in [6.45, 7) is 7.18. The lowest BCUT2D eigenvalue weighted by atomic mass is 10.1. The van der Waals surface area contributed by atoms with Gasteiger partial charge in [0.15, 0.2) is 6.23 Å². The van der Waals surface area contributed by atoms with Gasteiger partial charge in [-0.15, -0.1) is 0 Å². The zero-order valence-electron chi connectivity index (χ0n) is 20.2. The molecule has 0 aliphatic carbocycles. The van der Waals surface area contributed by atoms with Gasteiger partial charge in [0.2, 0.25) is 0 Å². The number of aliphatic hydroxyl groups is 1. The van der Waals surface area contributed by atoms with E-state index in [2.05, 4.69) is 16.0 Å². The molecule has 3 rings (SSSR count). The van der Waals surface area contributed by atoms with Crippen LogP contribution in [0.1, 0.15) is 48.5 Å². The molecule has 1 unspecified atom stereocenters. The van der Waals surface area contributed by atoms with Gasteiger partial charge in [0, 0.05) is 28.2 Å². The molecule has 0 fully saturated rings. The summed E-state index contributed by atoms with van der Waals surface area (Å²) in [6, 6.07) is 16.8. The Hall–Kier alpha value is -4.24. The van der Waals surface area contributed by atoms with Crippen LogP contribution in [0.2, 0.25) is 0 Å². The summed E-state index contributed by atoms with van der Waals surface area (Å²) in [5.74, 6) is -0.340. The van der Waals surface area contributed by atoms with Crippen molar-refractivity contribution in [2.45, 2.75) is 39.5 Å². The number of ether oxygens (including phenoxy) is 1. The van der Waals surface area contributed by atoms with Gasteiger partial charge in [-0.2, -0.15) is 0 Å². The van der Waals surface area contributed by atoms with E-state index in [1.54, 1.807) is 69.3 Å². The average Bonchev–Trinajstić information content (AvgIpc) is 2.74. The second-order valence-corrected chi connectivity index (χ2v) is 9.19. The van der Waals surface area contributed by atoms with E-state index in [-0.39, 0.29) is 11.6 Å². The highest BCUT2D eigenvalue weighted by atomic mass is 16.6. The molecule has 2 amide bonds. The normalized spacial score (nSPS) is 11.9. The number of aliphatic hydroxyl groups excluding tert-OH is 1. The highest BCUT2D eigenvalue weighted by Gasteiger charge is 2.19. The van der Waals surface area contributed by atoms with Crippen LogP contribution in [0, 0.1) is 6.92 Å². The molecule has 0 aliphatic heterocycles. The fraction of sp³-hybridized carbons (Fsp3) is 0.231. The van der Waals surface area contributed by atoms with Crippen molar-refractivity contribution in [3.05, 3.63) is 77.4 Å². The minimum absolute atomic E-state index is 0.281. The molecule has 9 heteroatoms. The van der Waals surface area contributed by atoms with Crippen LogP contribution in [0.15, 0.2) is 60.7 Å². The van der Waals surface area contributed by atoms with Gasteiger partial charge in [-0.05, 0) is 76.2 Å². The summed E-state index contributed by atoms with van der Waals surface area (Å²) in [7, 11) is 0. The van der Waals surface area contributed by atoms with E-state index in [0.717, 1.165) is 5.56 Å². The Labute approximate surface area is 204 Å². The Balaban J connectivity index is 1.87. The van der Waals surface area contributed by atoms with Crippen molar-refractivity contribution in [3.8, 4) is 0 Å². The van der Waals surface area contributed by atoms with Gasteiger partial charge in [-0.1, -0.05) is 17.7 Å². The Kier molecular flexibility index (Phi) is 7.51. The molecule has 0 saturated carbocycles. The van der Waals surface area contributed by atoms with E-state index in [1.165, 1.54) is 0 Å². The van der Waals surface area contributed by atoms with Crippen LogP contribution >= 0.6 is 0 Å². The van der Waals surface area contributed by atoms with Crippen LogP contribution in [-0.4, -0.2) is 22.7 Å². The topological polar surface area (TPSA) is 152 Å². The summed E-state index contributed by atoms with van der Waals surface area (Å²) >= 11 is 0. The smallest absolute Gasteiger partial charge is 0.412 e. The van der Waals surface area contributed by atoms with Gasteiger partial charge in [-0.3, -0.25) is 10.1 Å². The first-order valence-corrected chi connectivity index (χ1v) is 11.0. The number of aryl methyl sites for hydroxylation is 1. The van der Waals surface area contributed by atoms with Crippen molar-refractivity contribution >= 4 is 40.4 Å². The van der Waals surface area contributed by atoms with Gasteiger partial charge in [0.25, 0.3) is 5.91 Å². The maximum Gasteiger partial charge on any atom is 0.412 e. The first-order chi connectivity index (χ1) is 16.4. The number of hydrogen-bond acceptors (Lipinski definition) is 7. The van der Waals surface area contributed by atoms with E-state index in [9.17, 15) is 14.7 Å². The quantitative estimate of drug-likeness (QED) is 0.219. The van der Waals surface area contributed by atoms with E-state index in [0.29, 0.717) is 33.9 Å². The monoisotopic (exact) mass is 477 g/mol. The van der Waals surface area contributed by atoms with E-state index in [4.69, 9.17) is 16.2 Å². The number of nitrogens with one attached hydrogen (secondary N) is 3. The fourth-order valence-corrected chi connectivity index (χ4v) is 3.26. The molecule has 184 valence electrons. The Bertz CT molecular complexity index is 1200. The van der Waals surface area contributed by atoms with Gasteiger partial charge in [0.05, 0.1) is 11.4 Å². The number of rotatable bonds is 6. The van der Waals surface area contributed by atoms with Gasteiger partial charge >= 0.3 is 6.09 Å². The van der Waals surface area contributed by atoms with Crippen LogP contribution in [0.3, 0.4) is 0 Å². The number of anilines is 5. The van der Waals surface area contributed by atoms with Crippen molar-refractivity contribution in [3.63, 3.8) is 0 Å². The Morgan fingerprint density at radius 2 is 1.51 bits per heavy atom. The molecular weight excluding hydrogens is 446 g/mol.